The number of benzene rings is 1. The lowest BCUT2D eigenvalue weighted by Gasteiger charge is -2.03. The Balaban J connectivity index is 2.58. The molecule has 2 rings (SSSR count). The van der Waals surface area contributed by atoms with Crippen LogP contribution in [0.15, 0.2) is 34.9 Å². The van der Waals surface area contributed by atoms with Crippen molar-refractivity contribution in [3.63, 3.8) is 0 Å². The maximum Gasteiger partial charge on any atom is 0.162 e. The second kappa shape index (κ2) is 3.94. The van der Waals surface area contributed by atoms with Gasteiger partial charge in [-0.05, 0) is 24.3 Å². The molecule has 15 heavy (non-hydrogen) atoms. The molecule has 0 aliphatic rings. The van der Waals surface area contributed by atoms with Crippen molar-refractivity contribution in [3.05, 3.63) is 40.8 Å². The Morgan fingerprint density at radius 3 is 2.80 bits per heavy atom. The van der Waals surface area contributed by atoms with Gasteiger partial charge in [0.15, 0.2) is 5.82 Å². The zero-order valence-corrected chi connectivity index (χ0v) is 9.20. The van der Waals surface area contributed by atoms with Gasteiger partial charge in [-0.2, -0.15) is 0 Å². The molecule has 0 radical (unpaired) electrons. The SMILES string of the molecule is Nc1ccnc(-c2cc(F)ccc2Br)n1. The zero-order chi connectivity index (χ0) is 10.8. The van der Waals surface area contributed by atoms with E-state index in [-0.39, 0.29) is 5.82 Å². The molecule has 2 N–H and O–H groups in total. The number of rotatable bonds is 1. The van der Waals surface area contributed by atoms with Gasteiger partial charge < -0.3 is 5.73 Å². The van der Waals surface area contributed by atoms with Gasteiger partial charge in [-0.1, -0.05) is 15.9 Å². The molecule has 0 spiro atoms. The first-order chi connectivity index (χ1) is 7.16. The number of nitrogens with two attached hydrogens (primary N) is 1. The highest BCUT2D eigenvalue weighted by Crippen LogP contribution is 2.26. The van der Waals surface area contributed by atoms with Crippen LogP contribution in [0.5, 0.6) is 0 Å². The molecule has 0 saturated carbocycles. The standard InChI is InChI=1S/C10H7BrFN3/c11-8-2-1-6(12)5-7(8)10-14-4-3-9(13)15-10/h1-5H,(H2,13,14,15). The van der Waals surface area contributed by atoms with Crippen LogP contribution >= 0.6 is 15.9 Å². The minimum Gasteiger partial charge on any atom is -0.384 e. The third-order valence-electron chi connectivity index (χ3n) is 1.85. The summed E-state index contributed by atoms with van der Waals surface area (Å²) in [7, 11) is 0. The molecule has 5 heteroatoms. The van der Waals surface area contributed by atoms with E-state index in [1.807, 2.05) is 0 Å². The lowest BCUT2D eigenvalue weighted by molar-refractivity contribution is 0.628. The van der Waals surface area contributed by atoms with E-state index in [1.54, 1.807) is 12.1 Å². The summed E-state index contributed by atoms with van der Waals surface area (Å²) < 4.78 is 13.8. The van der Waals surface area contributed by atoms with Crippen LogP contribution in [-0.4, -0.2) is 9.97 Å². The van der Waals surface area contributed by atoms with Crippen molar-refractivity contribution in [1.82, 2.24) is 9.97 Å². The van der Waals surface area contributed by atoms with Crippen molar-refractivity contribution in [2.45, 2.75) is 0 Å². The van der Waals surface area contributed by atoms with Crippen molar-refractivity contribution < 1.29 is 4.39 Å². The summed E-state index contributed by atoms with van der Waals surface area (Å²) in [5.41, 5.74) is 6.11. The summed E-state index contributed by atoms with van der Waals surface area (Å²) in [6, 6.07) is 5.91. The smallest absolute Gasteiger partial charge is 0.162 e. The Hall–Kier alpha value is -1.49. The lowest BCUT2D eigenvalue weighted by atomic mass is 10.2. The van der Waals surface area contributed by atoms with Gasteiger partial charge in [0.1, 0.15) is 11.6 Å². The lowest BCUT2D eigenvalue weighted by Crippen LogP contribution is -1.95. The fourth-order valence-electron chi connectivity index (χ4n) is 1.17. The van der Waals surface area contributed by atoms with E-state index in [0.29, 0.717) is 17.2 Å². The second-order valence-electron chi connectivity index (χ2n) is 2.93. The van der Waals surface area contributed by atoms with Gasteiger partial charge in [0, 0.05) is 16.2 Å². The topological polar surface area (TPSA) is 51.8 Å². The predicted octanol–water partition coefficient (Wildman–Crippen LogP) is 2.63. The summed E-state index contributed by atoms with van der Waals surface area (Å²) in [6.07, 6.45) is 1.54. The molecule has 0 aliphatic heterocycles. The summed E-state index contributed by atoms with van der Waals surface area (Å²) in [6.45, 7) is 0. The van der Waals surface area contributed by atoms with Crippen LogP contribution in [0.1, 0.15) is 0 Å². The molecular weight excluding hydrogens is 261 g/mol. The fourth-order valence-corrected chi connectivity index (χ4v) is 1.60. The van der Waals surface area contributed by atoms with Gasteiger partial charge in [-0.15, -0.1) is 0 Å². The van der Waals surface area contributed by atoms with Gasteiger partial charge in [-0.3, -0.25) is 0 Å². The molecule has 0 fully saturated rings. The average molecular weight is 268 g/mol. The Morgan fingerprint density at radius 1 is 1.27 bits per heavy atom. The number of hydrogen-bond acceptors (Lipinski definition) is 3. The number of nitrogen functional groups attached to an aromatic ring is 1. The number of aromatic nitrogens is 2. The summed E-state index contributed by atoms with van der Waals surface area (Å²) in [5.74, 6) is 0.428. The third kappa shape index (κ3) is 2.12. The highest BCUT2D eigenvalue weighted by atomic mass is 79.9. The quantitative estimate of drug-likeness (QED) is 0.864. The Morgan fingerprint density at radius 2 is 2.07 bits per heavy atom. The first kappa shape index (κ1) is 10.0. The molecule has 1 heterocycles. The van der Waals surface area contributed by atoms with Crippen molar-refractivity contribution in [2.75, 3.05) is 5.73 Å². The Kier molecular flexibility index (Phi) is 2.64. The van der Waals surface area contributed by atoms with Crippen molar-refractivity contribution in [1.29, 1.82) is 0 Å². The molecule has 0 bridgehead atoms. The molecule has 0 amide bonds. The van der Waals surface area contributed by atoms with E-state index in [1.165, 1.54) is 18.3 Å². The molecule has 3 nitrogen and oxygen atoms in total. The van der Waals surface area contributed by atoms with Crippen molar-refractivity contribution in [2.24, 2.45) is 0 Å². The van der Waals surface area contributed by atoms with Crippen molar-refractivity contribution >= 4 is 21.7 Å². The van der Waals surface area contributed by atoms with Crippen LogP contribution in [0.4, 0.5) is 10.2 Å². The van der Waals surface area contributed by atoms with E-state index >= 15 is 0 Å². The van der Waals surface area contributed by atoms with Crippen LogP contribution in [-0.2, 0) is 0 Å². The monoisotopic (exact) mass is 267 g/mol. The van der Waals surface area contributed by atoms with Crippen LogP contribution in [0.2, 0.25) is 0 Å². The van der Waals surface area contributed by atoms with Gasteiger partial charge in [-0.25, -0.2) is 14.4 Å². The van der Waals surface area contributed by atoms with Gasteiger partial charge in [0.25, 0.3) is 0 Å². The summed E-state index contributed by atoms with van der Waals surface area (Å²) in [5, 5.41) is 0. The van der Waals surface area contributed by atoms with E-state index in [4.69, 9.17) is 5.73 Å². The molecular formula is C10H7BrFN3. The predicted molar refractivity (Wildman–Crippen MR) is 59.5 cm³/mol. The van der Waals surface area contributed by atoms with E-state index < -0.39 is 0 Å². The number of nitrogens with zero attached hydrogens (tertiary/aromatic N) is 2. The van der Waals surface area contributed by atoms with E-state index in [9.17, 15) is 4.39 Å². The molecule has 0 saturated heterocycles. The Labute approximate surface area is 94.3 Å². The fraction of sp³-hybridized carbons (Fsp3) is 0. The second-order valence-corrected chi connectivity index (χ2v) is 3.78. The first-order valence-electron chi connectivity index (χ1n) is 4.21. The van der Waals surface area contributed by atoms with Crippen LogP contribution in [0.3, 0.4) is 0 Å². The largest absolute Gasteiger partial charge is 0.384 e. The minimum atomic E-state index is -0.334. The molecule has 0 aliphatic carbocycles. The average Bonchev–Trinajstić information content (AvgIpc) is 2.22. The number of hydrogen-bond donors (Lipinski definition) is 1. The van der Waals surface area contributed by atoms with Crippen LogP contribution < -0.4 is 5.73 Å². The molecule has 76 valence electrons. The molecule has 1 aromatic heterocycles. The third-order valence-corrected chi connectivity index (χ3v) is 2.54. The van der Waals surface area contributed by atoms with Gasteiger partial charge >= 0.3 is 0 Å². The Bertz CT molecular complexity index is 502. The summed E-state index contributed by atoms with van der Waals surface area (Å²) in [4.78, 5) is 8.04. The molecule has 0 unspecified atom stereocenters. The normalized spacial score (nSPS) is 10.3. The van der Waals surface area contributed by atoms with E-state index in [2.05, 4.69) is 25.9 Å². The highest BCUT2D eigenvalue weighted by Gasteiger charge is 2.07. The van der Waals surface area contributed by atoms with Gasteiger partial charge in [0.2, 0.25) is 0 Å². The number of halogens is 2. The summed E-state index contributed by atoms with van der Waals surface area (Å²) >= 11 is 3.30. The maximum atomic E-state index is 13.0. The van der Waals surface area contributed by atoms with Crippen molar-refractivity contribution in [3.8, 4) is 11.4 Å². The van der Waals surface area contributed by atoms with Crippen LogP contribution in [0.25, 0.3) is 11.4 Å². The minimum absolute atomic E-state index is 0.334. The molecule has 0 atom stereocenters. The zero-order valence-electron chi connectivity index (χ0n) is 7.61. The first-order valence-corrected chi connectivity index (χ1v) is 5.00. The van der Waals surface area contributed by atoms with Gasteiger partial charge in [0.05, 0.1) is 0 Å². The number of anilines is 1. The highest BCUT2D eigenvalue weighted by molar-refractivity contribution is 9.10. The van der Waals surface area contributed by atoms with E-state index in [0.717, 1.165) is 4.47 Å². The maximum absolute atomic E-state index is 13.0. The molecule has 2 aromatic rings. The van der Waals surface area contributed by atoms with Crippen LogP contribution in [0, 0.1) is 5.82 Å². The molecule has 1 aromatic carbocycles.